The number of anilines is 2. The predicted octanol–water partition coefficient (Wildman–Crippen LogP) is 5.01. The number of nitrogens with one attached hydrogen (secondary N) is 1. The number of carbonyl (C=O) groups is 1. The first-order chi connectivity index (χ1) is 9.36. The minimum atomic E-state index is -0.259. The highest BCUT2D eigenvalue weighted by molar-refractivity contribution is 9.11. The summed E-state index contributed by atoms with van der Waals surface area (Å²) < 4.78 is 1.54. The van der Waals surface area contributed by atoms with Gasteiger partial charge in [0.2, 0.25) is 0 Å². The number of aryl methyl sites for hydroxylation is 1. The third kappa shape index (κ3) is 3.53. The van der Waals surface area contributed by atoms with Crippen LogP contribution in [0, 0.1) is 6.92 Å². The van der Waals surface area contributed by atoms with E-state index < -0.39 is 0 Å². The monoisotopic (exact) mass is 416 g/mol. The summed E-state index contributed by atoms with van der Waals surface area (Å²) in [6.45, 7) is 1.88. The molecule has 0 bridgehead atoms. The van der Waals surface area contributed by atoms with Crippen molar-refractivity contribution in [3.63, 3.8) is 0 Å². The molecule has 1 amide bonds. The molecule has 0 atom stereocenters. The minimum absolute atomic E-state index is 0.259. The SMILES string of the molecule is Cc1cc(Cl)cc(C(=O)Nc2c(N)cc(Br)cc2Br)c1. The number of hydrogen-bond donors (Lipinski definition) is 2. The lowest BCUT2D eigenvalue weighted by atomic mass is 10.1. The van der Waals surface area contributed by atoms with E-state index in [4.69, 9.17) is 17.3 Å². The highest BCUT2D eigenvalue weighted by Gasteiger charge is 2.12. The lowest BCUT2D eigenvalue weighted by Crippen LogP contribution is -2.14. The number of nitrogen functional groups attached to an aromatic ring is 1. The summed E-state index contributed by atoms with van der Waals surface area (Å²) in [5, 5.41) is 3.31. The van der Waals surface area contributed by atoms with E-state index >= 15 is 0 Å². The molecule has 0 heterocycles. The average molecular weight is 419 g/mol. The van der Waals surface area contributed by atoms with E-state index in [0.717, 1.165) is 10.0 Å². The van der Waals surface area contributed by atoms with Crippen LogP contribution in [0.5, 0.6) is 0 Å². The summed E-state index contributed by atoms with van der Waals surface area (Å²) in [5.74, 6) is -0.259. The third-order valence-corrected chi connectivity index (χ3v) is 3.93. The zero-order chi connectivity index (χ0) is 14.9. The van der Waals surface area contributed by atoms with Crippen LogP contribution >= 0.6 is 43.5 Å². The lowest BCUT2D eigenvalue weighted by Gasteiger charge is -2.11. The van der Waals surface area contributed by atoms with Crippen LogP contribution in [0.4, 0.5) is 11.4 Å². The van der Waals surface area contributed by atoms with Crippen LogP contribution in [0.2, 0.25) is 5.02 Å². The van der Waals surface area contributed by atoms with Gasteiger partial charge in [-0.05, 0) is 58.7 Å². The van der Waals surface area contributed by atoms with Gasteiger partial charge in [0.05, 0.1) is 11.4 Å². The normalized spacial score (nSPS) is 10.4. The summed E-state index contributed by atoms with van der Waals surface area (Å²) in [7, 11) is 0. The Morgan fingerprint density at radius 1 is 1.20 bits per heavy atom. The fourth-order valence-electron chi connectivity index (χ4n) is 1.78. The van der Waals surface area contributed by atoms with Crippen LogP contribution in [0.3, 0.4) is 0 Å². The summed E-state index contributed by atoms with van der Waals surface area (Å²) in [4.78, 5) is 12.3. The standard InChI is InChI=1S/C14H11Br2ClN2O/c1-7-2-8(4-10(17)3-7)14(20)19-13-11(16)5-9(15)6-12(13)18/h2-6H,18H2,1H3,(H,19,20). The second kappa shape index (κ2) is 6.16. The van der Waals surface area contributed by atoms with Gasteiger partial charge < -0.3 is 11.1 Å². The van der Waals surface area contributed by atoms with Crippen molar-refractivity contribution in [2.24, 2.45) is 0 Å². The first-order valence-electron chi connectivity index (χ1n) is 5.70. The van der Waals surface area contributed by atoms with Gasteiger partial charge in [-0.15, -0.1) is 0 Å². The van der Waals surface area contributed by atoms with Crippen LogP contribution in [-0.4, -0.2) is 5.91 Å². The molecular formula is C14H11Br2ClN2O. The number of hydrogen-bond acceptors (Lipinski definition) is 2. The second-order valence-electron chi connectivity index (χ2n) is 4.32. The third-order valence-electron chi connectivity index (χ3n) is 2.63. The quantitative estimate of drug-likeness (QED) is 0.674. The molecule has 0 aromatic heterocycles. The van der Waals surface area contributed by atoms with E-state index in [0.29, 0.717) is 26.4 Å². The maximum atomic E-state index is 12.3. The largest absolute Gasteiger partial charge is 0.397 e. The Balaban J connectivity index is 2.32. The Hall–Kier alpha value is -1.04. The van der Waals surface area contributed by atoms with Crippen LogP contribution in [0.15, 0.2) is 39.3 Å². The summed E-state index contributed by atoms with van der Waals surface area (Å²) in [6.07, 6.45) is 0. The molecule has 0 aliphatic rings. The topological polar surface area (TPSA) is 55.1 Å². The molecule has 3 N–H and O–H groups in total. The minimum Gasteiger partial charge on any atom is -0.397 e. The predicted molar refractivity (Wildman–Crippen MR) is 90.4 cm³/mol. The molecule has 6 heteroatoms. The molecule has 0 saturated carbocycles. The fourth-order valence-corrected chi connectivity index (χ4v) is 3.43. The summed E-state index contributed by atoms with van der Waals surface area (Å²) in [6, 6.07) is 8.72. The Kier molecular flexibility index (Phi) is 4.73. The molecule has 0 aliphatic heterocycles. The number of halogens is 3. The van der Waals surface area contributed by atoms with E-state index in [1.165, 1.54) is 0 Å². The number of amides is 1. The lowest BCUT2D eigenvalue weighted by molar-refractivity contribution is 0.102. The van der Waals surface area contributed by atoms with E-state index in [9.17, 15) is 4.79 Å². The second-order valence-corrected chi connectivity index (χ2v) is 6.53. The van der Waals surface area contributed by atoms with Crippen molar-refractivity contribution < 1.29 is 4.79 Å². The average Bonchev–Trinajstić information content (AvgIpc) is 2.32. The van der Waals surface area contributed by atoms with Crippen molar-refractivity contribution in [3.8, 4) is 0 Å². The first-order valence-corrected chi connectivity index (χ1v) is 7.66. The molecule has 2 aromatic rings. The Morgan fingerprint density at radius 2 is 1.90 bits per heavy atom. The number of nitrogens with two attached hydrogens (primary N) is 1. The van der Waals surface area contributed by atoms with Crippen LogP contribution < -0.4 is 11.1 Å². The highest BCUT2D eigenvalue weighted by Crippen LogP contribution is 2.33. The molecule has 0 fully saturated rings. The summed E-state index contributed by atoms with van der Waals surface area (Å²) >= 11 is 12.7. The van der Waals surface area contributed by atoms with E-state index in [-0.39, 0.29) is 5.91 Å². The van der Waals surface area contributed by atoms with Crippen LogP contribution in [0.1, 0.15) is 15.9 Å². The molecule has 0 saturated heterocycles. The smallest absolute Gasteiger partial charge is 0.255 e. The first kappa shape index (κ1) is 15.4. The molecule has 0 unspecified atom stereocenters. The van der Waals surface area contributed by atoms with Gasteiger partial charge in [0.15, 0.2) is 0 Å². The van der Waals surface area contributed by atoms with E-state index in [2.05, 4.69) is 37.2 Å². The number of carbonyl (C=O) groups excluding carboxylic acids is 1. The van der Waals surface area contributed by atoms with Gasteiger partial charge in [-0.2, -0.15) is 0 Å². The molecule has 20 heavy (non-hydrogen) atoms. The van der Waals surface area contributed by atoms with Crippen molar-refractivity contribution in [1.82, 2.24) is 0 Å². The Labute approximate surface area is 138 Å². The van der Waals surface area contributed by atoms with Crippen molar-refractivity contribution in [3.05, 3.63) is 55.4 Å². The van der Waals surface area contributed by atoms with Crippen molar-refractivity contribution in [2.45, 2.75) is 6.92 Å². The maximum Gasteiger partial charge on any atom is 0.255 e. The molecule has 0 aliphatic carbocycles. The molecule has 2 rings (SSSR count). The number of benzene rings is 2. The van der Waals surface area contributed by atoms with Gasteiger partial charge in [0, 0.05) is 19.5 Å². The summed E-state index contributed by atoms with van der Waals surface area (Å²) in [5.41, 5.74) is 8.33. The maximum absolute atomic E-state index is 12.3. The van der Waals surface area contributed by atoms with Crippen molar-refractivity contribution in [2.75, 3.05) is 11.1 Å². The molecular weight excluding hydrogens is 407 g/mol. The van der Waals surface area contributed by atoms with Crippen LogP contribution in [0.25, 0.3) is 0 Å². The van der Waals surface area contributed by atoms with Gasteiger partial charge in [-0.3, -0.25) is 4.79 Å². The van der Waals surface area contributed by atoms with Gasteiger partial charge >= 0.3 is 0 Å². The van der Waals surface area contributed by atoms with Crippen LogP contribution in [-0.2, 0) is 0 Å². The molecule has 104 valence electrons. The molecule has 0 radical (unpaired) electrons. The van der Waals surface area contributed by atoms with Gasteiger partial charge in [0.1, 0.15) is 0 Å². The zero-order valence-corrected chi connectivity index (χ0v) is 14.4. The van der Waals surface area contributed by atoms with Crippen molar-refractivity contribution in [1.29, 1.82) is 0 Å². The molecule has 2 aromatic carbocycles. The van der Waals surface area contributed by atoms with E-state index in [1.54, 1.807) is 24.3 Å². The highest BCUT2D eigenvalue weighted by atomic mass is 79.9. The Bertz CT molecular complexity index is 646. The van der Waals surface area contributed by atoms with Crippen molar-refractivity contribution >= 4 is 60.7 Å². The molecule has 3 nitrogen and oxygen atoms in total. The van der Waals surface area contributed by atoms with Gasteiger partial charge in [-0.25, -0.2) is 0 Å². The van der Waals surface area contributed by atoms with Gasteiger partial charge in [-0.1, -0.05) is 27.5 Å². The van der Waals surface area contributed by atoms with Gasteiger partial charge in [0.25, 0.3) is 5.91 Å². The Morgan fingerprint density at radius 3 is 2.50 bits per heavy atom. The number of rotatable bonds is 2. The van der Waals surface area contributed by atoms with E-state index in [1.807, 2.05) is 13.0 Å². The zero-order valence-electron chi connectivity index (χ0n) is 10.5. The fraction of sp³-hybridized carbons (Fsp3) is 0.0714. The molecule has 0 spiro atoms.